The first-order valence-electron chi connectivity index (χ1n) is 6.39. The van der Waals surface area contributed by atoms with Crippen molar-refractivity contribution in [3.63, 3.8) is 0 Å². The van der Waals surface area contributed by atoms with Crippen LogP contribution in [0.4, 0.5) is 4.39 Å². The maximum atomic E-state index is 13.8. The maximum absolute atomic E-state index is 13.8. The molecule has 106 valence electrons. The summed E-state index contributed by atoms with van der Waals surface area (Å²) in [5, 5.41) is 3.08. The van der Waals surface area contributed by atoms with Gasteiger partial charge in [-0.05, 0) is 43.3 Å². The lowest BCUT2D eigenvalue weighted by Gasteiger charge is -2.10. The molecule has 3 nitrogen and oxygen atoms in total. The Morgan fingerprint density at radius 2 is 2.10 bits per heavy atom. The zero-order valence-corrected chi connectivity index (χ0v) is 13.0. The molecule has 0 bridgehead atoms. The van der Waals surface area contributed by atoms with Gasteiger partial charge in [0, 0.05) is 22.8 Å². The maximum Gasteiger partial charge on any atom is 0.219 e. The molecule has 0 amide bonds. The number of rotatable bonds is 5. The van der Waals surface area contributed by atoms with Gasteiger partial charge in [-0.15, -0.1) is 0 Å². The monoisotopic (exact) mass is 338 g/mol. The van der Waals surface area contributed by atoms with Crippen LogP contribution >= 0.6 is 15.9 Å². The molecule has 2 rings (SSSR count). The van der Waals surface area contributed by atoms with E-state index in [4.69, 9.17) is 4.74 Å². The summed E-state index contributed by atoms with van der Waals surface area (Å²) in [6.07, 6.45) is 0.802. The van der Waals surface area contributed by atoms with Gasteiger partial charge in [-0.2, -0.15) is 0 Å². The Kier molecular flexibility index (Phi) is 5.09. The number of nitrogens with one attached hydrogen (secondary N) is 1. The predicted molar refractivity (Wildman–Crippen MR) is 80.6 cm³/mol. The number of ether oxygens (including phenoxy) is 1. The number of aryl methyl sites for hydroxylation is 1. The quantitative estimate of drug-likeness (QED) is 0.892. The van der Waals surface area contributed by atoms with Gasteiger partial charge in [0.2, 0.25) is 5.88 Å². The molecule has 0 atom stereocenters. The van der Waals surface area contributed by atoms with Gasteiger partial charge in [0.25, 0.3) is 0 Å². The average Bonchev–Trinajstić information content (AvgIpc) is 2.42. The molecule has 0 unspecified atom stereocenters. The third kappa shape index (κ3) is 3.77. The van der Waals surface area contributed by atoms with Crippen LogP contribution < -0.4 is 10.1 Å². The molecule has 0 saturated carbocycles. The summed E-state index contributed by atoms with van der Waals surface area (Å²) in [6, 6.07) is 8.51. The number of hydrogen-bond acceptors (Lipinski definition) is 3. The van der Waals surface area contributed by atoms with Gasteiger partial charge in [-0.25, -0.2) is 9.37 Å². The third-order valence-electron chi connectivity index (χ3n) is 2.77. The van der Waals surface area contributed by atoms with Crippen LogP contribution in [0.25, 0.3) is 0 Å². The lowest BCUT2D eigenvalue weighted by molar-refractivity contribution is 0.425. The van der Waals surface area contributed by atoms with E-state index in [0.717, 1.165) is 17.7 Å². The minimum atomic E-state index is -0.418. The van der Waals surface area contributed by atoms with E-state index < -0.39 is 5.82 Å². The van der Waals surface area contributed by atoms with Crippen molar-refractivity contribution >= 4 is 15.9 Å². The van der Waals surface area contributed by atoms with Crippen molar-refractivity contribution in [3.8, 4) is 11.6 Å². The molecule has 20 heavy (non-hydrogen) atoms. The highest BCUT2D eigenvalue weighted by atomic mass is 79.9. The third-order valence-corrected chi connectivity index (χ3v) is 3.26. The smallest absolute Gasteiger partial charge is 0.219 e. The van der Waals surface area contributed by atoms with Crippen LogP contribution in [0.2, 0.25) is 0 Å². The second-order valence-corrected chi connectivity index (χ2v) is 5.28. The number of benzene rings is 1. The van der Waals surface area contributed by atoms with E-state index in [1.54, 1.807) is 12.1 Å². The van der Waals surface area contributed by atoms with Crippen LogP contribution in [0, 0.1) is 5.82 Å². The first kappa shape index (κ1) is 14.9. The topological polar surface area (TPSA) is 34.1 Å². The highest BCUT2D eigenvalue weighted by Gasteiger charge is 2.08. The highest BCUT2D eigenvalue weighted by Crippen LogP contribution is 2.26. The van der Waals surface area contributed by atoms with E-state index in [-0.39, 0.29) is 5.75 Å². The molecule has 0 fully saturated rings. The molecule has 0 aliphatic heterocycles. The molecule has 0 saturated heterocycles. The fourth-order valence-electron chi connectivity index (χ4n) is 1.83. The van der Waals surface area contributed by atoms with Crippen LogP contribution in [0.15, 0.2) is 34.8 Å². The van der Waals surface area contributed by atoms with Crippen LogP contribution in [0.1, 0.15) is 18.2 Å². The van der Waals surface area contributed by atoms with Crippen LogP contribution in [0.3, 0.4) is 0 Å². The summed E-state index contributed by atoms with van der Waals surface area (Å²) in [5.41, 5.74) is 1.98. The van der Waals surface area contributed by atoms with E-state index in [1.807, 2.05) is 26.1 Å². The minimum Gasteiger partial charge on any atom is -0.436 e. The summed E-state index contributed by atoms with van der Waals surface area (Å²) < 4.78 is 20.0. The van der Waals surface area contributed by atoms with Gasteiger partial charge in [-0.3, -0.25) is 0 Å². The number of nitrogens with zero attached hydrogens (tertiary/aromatic N) is 1. The summed E-state index contributed by atoms with van der Waals surface area (Å²) in [6.45, 7) is 2.74. The van der Waals surface area contributed by atoms with Crippen molar-refractivity contribution < 1.29 is 9.13 Å². The molecule has 0 spiro atoms. The molecule has 1 heterocycles. The molecular formula is C15H16BrFN2O. The molecular weight excluding hydrogens is 323 g/mol. The molecule has 5 heteroatoms. The normalized spacial score (nSPS) is 10.6. The number of halogens is 2. The van der Waals surface area contributed by atoms with E-state index in [0.29, 0.717) is 16.9 Å². The molecule has 1 aromatic carbocycles. The average molecular weight is 339 g/mol. The zero-order chi connectivity index (χ0) is 14.5. The summed E-state index contributed by atoms with van der Waals surface area (Å²) >= 11 is 3.22. The first-order chi connectivity index (χ1) is 9.62. The summed E-state index contributed by atoms with van der Waals surface area (Å²) in [4.78, 5) is 4.36. The Labute approximate surface area is 126 Å². The second kappa shape index (κ2) is 6.81. The fourth-order valence-corrected chi connectivity index (χ4v) is 2.16. The Bertz CT molecular complexity index is 604. The standard InChI is InChI=1S/C15H16BrFN2O/c1-3-12-6-10(9-18-2)7-15(19-12)20-14-5-4-11(16)8-13(14)17/h4-8,18H,3,9H2,1-2H3. The molecule has 0 radical (unpaired) electrons. The fraction of sp³-hybridized carbons (Fsp3) is 0.267. The summed E-state index contributed by atoms with van der Waals surface area (Å²) in [7, 11) is 1.88. The van der Waals surface area contributed by atoms with Gasteiger partial charge < -0.3 is 10.1 Å². The zero-order valence-electron chi connectivity index (χ0n) is 11.4. The van der Waals surface area contributed by atoms with Gasteiger partial charge in [0.15, 0.2) is 11.6 Å². The summed E-state index contributed by atoms with van der Waals surface area (Å²) in [5.74, 6) is 0.165. The SMILES string of the molecule is CCc1cc(CNC)cc(Oc2ccc(Br)cc2F)n1. The number of pyridine rings is 1. The molecule has 2 aromatic rings. The largest absolute Gasteiger partial charge is 0.436 e. The Hall–Kier alpha value is -1.46. The van der Waals surface area contributed by atoms with Gasteiger partial charge >= 0.3 is 0 Å². The molecule has 0 aliphatic carbocycles. The van der Waals surface area contributed by atoms with E-state index >= 15 is 0 Å². The van der Waals surface area contributed by atoms with Crippen LogP contribution in [0.5, 0.6) is 11.6 Å². The second-order valence-electron chi connectivity index (χ2n) is 4.37. The Morgan fingerprint density at radius 1 is 1.30 bits per heavy atom. The Morgan fingerprint density at radius 3 is 2.75 bits per heavy atom. The van der Waals surface area contributed by atoms with Crippen LogP contribution in [-0.4, -0.2) is 12.0 Å². The van der Waals surface area contributed by atoms with E-state index in [1.165, 1.54) is 6.07 Å². The van der Waals surface area contributed by atoms with Crippen molar-refractivity contribution in [2.75, 3.05) is 7.05 Å². The van der Waals surface area contributed by atoms with Gasteiger partial charge in [-0.1, -0.05) is 22.9 Å². The minimum absolute atomic E-state index is 0.171. The van der Waals surface area contributed by atoms with Crippen molar-refractivity contribution in [2.24, 2.45) is 0 Å². The van der Waals surface area contributed by atoms with Gasteiger partial charge in [0.05, 0.1) is 0 Å². The lowest BCUT2D eigenvalue weighted by atomic mass is 10.2. The predicted octanol–water partition coefficient (Wildman–Crippen LogP) is 4.06. The first-order valence-corrected chi connectivity index (χ1v) is 7.19. The number of hydrogen-bond donors (Lipinski definition) is 1. The van der Waals surface area contributed by atoms with Gasteiger partial charge in [0.1, 0.15) is 0 Å². The molecule has 0 aliphatic rings. The van der Waals surface area contributed by atoms with Crippen LogP contribution in [-0.2, 0) is 13.0 Å². The van der Waals surface area contributed by atoms with Crippen molar-refractivity contribution in [1.82, 2.24) is 10.3 Å². The Balaban J connectivity index is 2.29. The van der Waals surface area contributed by atoms with Crippen molar-refractivity contribution in [1.29, 1.82) is 0 Å². The van der Waals surface area contributed by atoms with E-state index in [2.05, 4.69) is 26.2 Å². The number of aromatic nitrogens is 1. The lowest BCUT2D eigenvalue weighted by Crippen LogP contribution is -2.06. The van der Waals surface area contributed by atoms with E-state index in [9.17, 15) is 4.39 Å². The molecule has 1 aromatic heterocycles. The van der Waals surface area contributed by atoms with Crippen molar-refractivity contribution in [3.05, 3.63) is 51.9 Å². The highest BCUT2D eigenvalue weighted by molar-refractivity contribution is 9.10. The molecule has 1 N–H and O–H groups in total. The van der Waals surface area contributed by atoms with Crippen molar-refractivity contribution in [2.45, 2.75) is 19.9 Å².